The van der Waals surface area contributed by atoms with Crippen molar-refractivity contribution in [3.8, 4) is 0 Å². The van der Waals surface area contributed by atoms with E-state index in [2.05, 4.69) is 10.3 Å². The summed E-state index contributed by atoms with van der Waals surface area (Å²) in [5, 5.41) is 2.47. The first-order chi connectivity index (χ1) is 7.53. The van der Waals surface area contributed by atoms with Crippen LogP contribution in [0.4, 0.5) is 8.78 Å². The van der Waals surface area contributed by atoms with E-state index in [-0.39, 0.29) is 5.56 Å². The molecule has 0 amide bonds. The lowest BCUT2D eigenvalue weighted by Crippen LogP contribution is -2.27. The fraction of sp³-hybridized carbons (Fsp3) is 0.364. The van der Waals surface area contributed by atoms with Gasteiger partial charge >= 0.3 is 0 Å². The van der Waals surface area contributed by atoms with E-state index in [1.807, 2.05) is 0 Å². The Labute approximate surface area is 91.5 Å². The molecule has 0 radical (unpaired) electrons. The van der Waals surface area contributed by atoms with Crippen LogP contribution in [0.5, 0.6) is 0 Å². The third-order valence-corrected chi connectivity index (χ3v) is 2.32. The van der Waals surface area contributed by atoms with Gasteiger partial charge in [0.1, 0.15) is 5.52 Å². The Hall–Kier alpha value is -1.49. The molecule has 1 N–H and O–H groups in total. The Morgan fingerprint density at radius 2 is 2.19 bits per heavy atom. The minimum Gasteiger partial charge on any atom is -0.441 e. The molecular weight excluding hydrogens is 214 g/mol. The number of nitrogens with zero attached hydrogens (tertiary/aromatic N) is 1. The molecule has 0 aliphatic carbocycles. The van der Waals surface area contributed by atoms with Crippen LogP contribution in [0.25, 0.3) is 11.1 Å². The lowest BCUT2D eigenvalue weighted by molar-refractivity contribution is -0.00114. The highest BCUT2D eigenvalue weighted by atomic mass is 19.3. The normalized spacial score (nSPS) is 12.2. The second-order valence-electron chi connectivity index (χ2n) is 3.65. The number of benzene rings is 1. The van der Waals surface area contributed by atoms with Crippen LogP contribution in [0, 0.1) is 6.92 Å². The van der Waals surface area contributed by atoms with Gasteiger partial charge in [-0.1, -0.05) is 0 Å². The zero-order valence-corrected chi connectivity index (χ0v) is 9.05. The van der Waals surface area contributed by atoms with Gasteiger partial charge in [-0.25, -0.2) is 4.98 Å². The molecule has 0 atom stereocenters. The second-order valence-corrected chi connectivity index (χ2v) is 3.65. The van der Waals surface area contributed by atoms with Crippen LogP contribution in [-0.4, -0.2) is 18.6 Å². The number of fused-ring (bicyclic) bond motifs is 1. The van der Waals surface area contributed by atoms with Gasteiger partial charge in [-0.2, -0.15) is 8.78 Å². The van der Waals surface area contributed by atoms with Crippen molar-refractivity contribution in [2.24, 2.45) is 0 Å². The first kappa shape index (κ1) is 11.0. The maximum atomic E-state index is 13.6. The third-order valence-electron chi connectivity index (χ3n) is 2.32. The number of alkyl halides is 2. The summed E-state index contributed by atoms with van der Waals surface area (Å²) in [6.45, 7) is 1.29. The number of hydrogen-bond acceptors (Lipinski definition) is 3. The van der Waals surface area contributed by atoms with Gasteiger partial charge < -0.3 is 9.73 Å². The maximum Gasteiger partial charge on any atom is 0.285 e. The average molecular weight is 226 g/mol. The predicted octanol–water partition coefficient (Wildman–Crippen LogP) is 2.45. The molecule has 1 aromatic heterocycles. The third kappa shape index (κ3) is 1.90. The average Bonchev–Trinajstić information content (AvgIpc) is 2.56. The first-order valence-corrected chi connectivity index (χ1v) is 4.93. The van der Waals surface area contributed by atoms with Gasteiger partial charge in [-0.3, -0.25) is 0 Å². The number of oxazole rings is 1. The van der Waals surface area contributed by atoms with Gasteiger partial charge in [0.2, 0.25) is 0 Å². The lowest BCUT2D eigenvalue weighted by atomic mass is 10.1. The van der Waals surface area contributed by atoms with Crippen LogP contribution in [0.1, 0.15) is 11.5 Å². The van der Waals surface area contributed by atoms with Gasteiger partial charge in [-0.15, -0.1) is 0 Å². The fourth-order valence-corrected chi connectivity index (χ4v) is 1.59. The van der Waals surface area contributed by atoms with Crippen molar-refractivity contribution < 1.29 is 13.2 Å². The maximum absolute atomic E-state index is 13.6. The highest BCUT2D eigenvalue weighted by Gasteiger charge is 2.30. The molecule has 1 heterocycles. The van der Waals surface area contributed by atoms with E-state index in [1.54, 1.807) is 6.92 Å². The predicted molar refractivity (Wildman–Crippen MR) is 56.6 cm³/mol. The SMILES string of the molecule is CNCC(F)(F)c1ccc2oc(C)nc2c1. The molecule has 0 spiro atoms. The highest BCUT2D eigenvalue weighted by molar-refractivity contribution is 5.73. The molecular formula is C11H12F2N2O. The van der Waals surface area contributed by atoms with Crippen LogP contribution >= 0.6 is 0 Å². The number of aryl methyl sites for hydroxylation is 1. The largest absolute Gasteiger partial charge is 0.441 e. The number of aromatic nitrogens is 1. The molecule has 0 bridgehead atoms. The van der Waals surface area contributed by atoms with E-state index in [0.29, 0.717) is 17.0 Å². The van der Waals surface area contributed by atoms with Crippen molar-refractivity contribution in [1.29, 1.82) is 0 Å². The molecule has 0 fully saturated rings. The summed E-state index contributed by atoms with van der Waals surface area (Å²) in [7, 11) is 1.49. The van der Waals surface area contributed by atoms with E-state index in [1.165, 1.54) is 25.2 Å². The molecule has 16 heavy (non-hydrogen) atoms. The number of nitrogens with one attached hydrogen (secondary N) is 1. The molecule has 86 valence electrons. The molecule has 0 unspecified atom stereocenters. The van der Waals surface area contributed by atoms with E-state index >= 15 is 0 Å². The van der Waals surface area contributed by atoms with Crippen LogP contribution in [0.3, 0.4) is 0 Å². The molecule has 0 aliphatic heterocycles. The number of hydrogen-bond donors (Lipinski definition) is 1. The van der Waals surface area contributed by atoms with Gasteiger partial charge in [0, 0.05) is 12.5 Å². The van der Waals surface area contributed by atoms with Crippen LogP contribution in [-0.2, 0) is 5.92 Å². The summed E-state index contributed by atoms with van der Waals surface area (Å²) < 4.78 is 32.4. The standard InChI is InChI=1S/C11H12F2N2O/c1-7-15-9-5-8(3-4-10(9)16-7)11(12,13)6-14-2/h3-5,14H,6H2,1-2H3. The Bertz CT molecular complexity index is 508. The number of likely N-dealkylation sites (N-methyl/N-ethyl adjacent to an activating group) is 1. The monoisotopic (exact) mass is 226 g/mol. The number of halogens is 2. The zero-order chi connectivity index (χ0) is 11.8. The lowest BCUT2D eigenvalue weighted by Gasteiger charge is -2.15. The summed E-state index contributed by atoms with van der Waals surface area (Å²) in [6.07, 6.45) is 0. The molecule has 5 heteroatoms. The minimum absolute atomic E-state index is 0.0531. The Balaban J connectivity index is 2.45. The molecule has 0 aliphatic rings. The highest BCUT2D eigenvalue weighted by Crippen LogP contribution is 2.29. The van der Waals surface area contributed by atoms with Gasteiger partial charge in [0.25, 0.3) is 5.92 Å². The van der Waals surface area contributed by atoms with Crippen molar-refractivity contribution >= 4 is 11.1 Å². The van der Waals surface area contributed by atoms with Crippen LogP contribution < -0.4 is 5.32 Å². The molecule has 2 aromatic rings. The summed E-state index contributed by atoms with van der Waals surface area (Å²) in [5.41, 5.74) is 0.940. The van der Waals surface area contributed by atoms with Crippen LogP contribution in [0.2, 0.25) is 0 Å². The zero-order valence-electron chi connectivity index (χ0n) is 9.05. The minimum atomic E-state index is -2.89. The van der Waals surface area contributed by atoms with E-state index in [4.69, 9.17) is 4.42 Å². The quantitative estimate of drug-likeness (QED) is 0.873. The van der Waals surface area contributed by atoms with Gasteiger partial charge in [0.05, 0.1) is 6.54 Å². The van der Waals surface area contributed by atoms with Gasteiger partial charge in [-0.05, 0) is 25.2 Å². The summed E-state index contributed by atoms with van der Waals surface area (Å²) in [6, 6.07) is 4.25. The van der Waals surface area contributed by atoms with Crippen molar-refractivity contribution in [2.75, 3.05) is 13.6 Å². The molecule has 1 aromatic carbocycles. The van der Waals surface area contributed by atoms with E-state index < -0.39 is 12.5 Å². The Morgan fingerprint density at radius 1 is 1.44 bits per heavy atom. The van der Waals surface area contributed by atoms with Crippen LogP contribution in [0.15, 0.2) is 22.6 Å². The Morgan fingerprint density at radius 3 is 2.88 bits per heavy atom. The summed E-state index contributed by atoms with van der Waals surface area (Å²) >= 11 is 0. The van der Waals surface area contributed by atoms with Crippen molar-refractivity contribution in [3.05, 3.63) is 29.7 Å². The summed E-state index contributed by atoms with van der Waals surface area (Å²) in [4.78, 5) is 4.03. The fourth-order valence-electron chi connectivity index (χ4n) is 1.59. The van der Waals surface area contributed by atoms with Gasteiger partial charge in [0.15, 0.2) is 11.5 Å². The molecule has 0 saturated heterocycles. The molecule has 2 rings (SSSR count). The van der Waals surface area contributed by atoms with Crippen molar-refractivity contribution in [1.82, 2.24) is 10.3 Å². The summed E-state index contributed by atoms with van der Waals surface area (Å²) in [5.74, 6) is -2.42. The molecule has 0 saturated carbocycles. The second kappa shape index (κ2) is 3.83. The van der Waals surface area contributed by atoms with Crippen molar-refractivity contribution in [3.63, 3.8) is 0 Å². The van der Waals surface area contributed by atoms with E-state index in [9.17, 15) is 8.78 Å². The Kier molecular flexibility index (Phi) is 2.63. The first-order valence-electron chi connectivity index (χ1n) is 4.93. The number of rotatable bonds is 3. The molecule has 3 nitrogen and oxygen atoms in total. The smallest absolute Gasteiger partial charge is 0.285 e. The topological polar surface area (TPSA) is 38.1 Å². The van der Waals surface area contributed by atoms with Crippen molar-refractivity contribution in [2.45, 2.75) is 12.8 Å². The van der Waals surface area contributed by atoms with E-state index in [0.717, 1.165) is 0 Å².